The molecule has 0 aliphatic carbocycles. The number of nitrogens with zero attached hydrogens (tertiary/aromatic N) is 1. The van der Waals surface area contributed by atoms with Crippen molar-refractivity contribution in [2.24, 2.45) is 0 Å². The Morgan fingerprint density at radius 2 is 1.62 bits per heavy atom. The second kappa shape index (κ2) is 10.5. The highest BCUT2D eigenvalue weighted by molar-refractivity contribution is 7.12. The standard InChI is InChI=1S/C21H17ClN4O5S/c22-17-8-7-15(26(30)31)12-16(17)20(28)25-14-5-3-13(4-6-14)19(27)23-9-10-24-21(29)18-2-1-11-32-18/h1-8,11-12H,9-10H2,(H,23,27)(H,24,29)(H,25,28). The van der Waals surface area contributed by atoms with E-state index in [1.54, 1.807) is 17.5 Å². The summed E-state index contributed by atoms with van der Waals surface area (Å²) in [5.74, 6) is -1.15. The molecule has 0 aliphatic rings. The van der Waals surface area contributed by atoms with Crippen molar-refractivity contribution >= 4 is 52.0 Å². The number of anilines is 1. The van der Waals surface area contributed by atoms with Gasteiger partial charge in [-0.3, -0.25) is 24.5 Å². The minimum atomic E-state index is -0.617. The zero-order valence-electron chi connectivity index (χ0n) is 16.5. The van der Waals surface area contributed by atoms with Crippen LogP contribution < -0.4 is 16.0 Å². The third-order valence-corrected chi connectivity index (χ3v) is 5.45. The lowest BCUT2D eigenvalue weighted by Crippen LogP contribution is -2.34. The number of hydrogen-bond donors (Lipinski definition) is 3. The van der Waals surface area contributed by atoms with Crippen molar-refractivity contribution in [1.82, 2.24) is 10.6 Å². The molecule has 0 aliphatic heterocycles. The van der Waals surface area contributed by atoms with Crippen molar-refractivity contribution in [3.8, 4) is 0 Å². The van der Waals surface area contributed by atoms with Gasteiger partial charge in [-0.2, -0.15) is 0 Å². The highest BCUT2D eigenvalue weighted by Crippen LogP contribution is 2.23. The Bertz CT molecular complexity index is 1150. The number of nitro groups is 1. The number of nitrogens with one attached hydrogen (secondary N) is 3. The summed E-state index contributed by atoms with van der Waals surface area (Å²) in [6.07, 6.45) is 0. The Morgan fingerprint density at radius 3 is 2.25 bits per heavy atom. The predicted molar refractivity (Wildman–Crippen MR) is 121 cm³/mol. The molecule has 1 aromatic heterocycles. The number of halogens is 1. The Hall–Kier alpha value is -3.76. The number of thiophene rings is 1. The Balaban J connectivity index is 1.51. The maximum atomic E-state index is 12.4. The molecule has 3 aromatic rings. The quantitative estimate of drug-likeness (QED) is 0.261. The van der Waals surface area contributed by atoms with E-state index in [2.05, 4.69) is 16.0 Å². The highest BCUT2D eigenvalue weighted by atomic mass is 35.5. The monoisotopic (exact) mass is 472 g/mol. The number of rotatable bonds is 8. The average molecular weight is 473 g/mol. The van der Waals surface area contributed by atoms with Crippen LogP contribution in [0, 0.1) is 10.1 Å². The largest absolute Gasteiger partial charge is 0.350 e. The smallest absolute Gasteiger partial charge is 0.270 e. The van der Waals surface area contributed by atoms with Gasteiger partial charge in [0.15, 0.2) is 0 Å². The molecule has 0 radical (unpaired) electrons. The molecule has 11 heteroatoms. The van der Waals surface area contributed by atoms with Crippen LogP contribution >= 0.6 is 22.9 Å². The van der Waals surface area contributed by atoms with Gasteiger partial charge in [-0.05, 0) is 41.8 Å². The number of benzene rings is 2. The van der Waals surface area contributed by atoms with E-state index in [4.69, 9.17) is 11.6 Å². The van der Waals surface area contributed by atoms with Gasteiger partial charge in [0.2, 0.25) is 0 Å². The molecule has 32 heavy (non-hydrogen) atoms. The first-order chi connectivity index (χ1) is 15.3. The van der Waals surface area contributed by atoms with Crippen molar-refractivity contribution in [1.29, 1.82) is 0 Å². The second-order valence-electron chi connectivity index (χ2n) is 6.44. The molecule has 9 nitrogen and oxygen atoms in total. The molecule has 1 heterocycles. The Labute approximate surface area is 191 Å². The van der Waals surface area contributed by atoms with Crippen LogP contribution in [0.2, 0.25) is 5.02 Å². The van der Waals surface area contributed by atoms with Gasteiger partial charge in [0.25, 0.3) is 23.4 Å². The molecule has 164 valence electrons. The minimum absolute atomic E-state index is 0.0349. The van der Waals surface area contributed by atoms with E-state index in [-0.39, 0.29) is 41.2 Å². The van der Waals surface area contributed by atoms with E-state index in [9.17, 15) is 24.5 Å². The number of carbonyl (C=O) groups excluding carboxylic acids is 3. The maximum absolute atomic E-state index is 12.4. The van der Waals surface area contributed by atoms with Crippen LogP contribution in [-0.2, 0) is 0 Å². The predicted octanol–water partition coefficient (Wildman–Crippen LogP) is 3.72. The molecule has 0 spiro atoms. The van der Waals surface area contributed by atoms with Gasteiger partial charge in [-0.15, -0.1) is 11.3 Å². The van der Waals surface area contributed by atoms with Gasteiger partial charge in [0.1, 0.15) is 0 Å². The SMILES string of the molecule is O=C(NCCNC(=O)c1cccs1)c1ccc(NC(=O)c2cc([N+](=O)[O-])ccc2Cl)cc1. The van der Waals surface area contributed by atoms with Crippen LogP contribution in [0.15, 0.2) is 60.0 Å². The van der Waals surface area contributed by atoms with Crippen molar-refractivity contribution in [2.75, 3.05) is 18.4 Å². The first kappa shape index (κ1) is 22.9. The summed E-state index contributed by atoms with van der Waals surface area (Å²) < 4.78 is 0. The zero-order valence-corrected chi connectivity index (χ0v) is 18.0. The molecule has 0 unspecified atom stereocenters. The van der Waals surface area contributed by atoms with Crippen molar-refractivity contribution in [2.45, 2.75) is 0 Å². The third-order valence-electron chi connectivity index (χ3n) is 4.25. The van der Waals surface area contributed by atoms with E-state index >= 15 is 0 Å². The van der Waals surface area contributed by atoms with Crippen LogP contribution in [0.3, 0.4) is 0 Å². The third kappa shape index (κ3) is 5.90. The molecule has 3 N–H and O–H groups in total. The lowest BCUT2D eigenvalue weighted by atomic mass is 10.1. The number of carbonyl (C=O) groups is 3. The summed E-state index contributed by atoms with van der Waals surface area (Å²) in [5.41, 5.74) is 0.462. The molecular formula is C21H17ClN4O5S. The van der Waals surface area contributed by atoms with Gasteiger partial charge in [-0.1, -0.05) is 17.7 Å². The highest BCUT2D eigenvalue weighted by Gasteiger charge is 2.16. The first-order valence-corrected chi connectivity index (χ1v) is 10.6. The second-order valence-corrected chi connectivity index (χ2v) is 7.80. The fourth-order valence-corrected chi connectivity index (χ4v) is 3.50. The maximum Gasteiger partial charge on any atom is 0.270 e. The molecule has 3 amide bonds. The fraction of sp³-hybridized carbons (Fsp3) is 0.0952. The van der Waals surface area contributed by atoms with E-state index in [0.29, 0.717) is 16.1 Å². The average Bonchev–Trinajstić information content (AvgIpc) is 3.32. The number of nitro benzene ring substituents is 1. The van der Waals surface area contributed by atoms with Gasteiger partial charge in [0, 0.05) is 36.5 Å². The molecule has 0 bridgehead atoms. The van der Waals surface area contributed by atoms with E-state index in [1.807, 2.05) is 0 Å². The summed E-state index contributed by atoms with van der Waals surface area (Å²) in [6, 6.07) is 13.2. The molecule has 0 fully saturated rings. The molecule has 3 rings (SSSR count). The Kier molecular flexibility index (Phi) is 7.53. The zero-order chi connectivity index (χ0) is 23.1. The van der Waals surface area contributed by atoms with Crippen LogP contribution in [-0.4, -0.2) is 35.7 Å². The summed E-state index contributed by atoms with van der Waals surface area (Å²) >= 11 is 7.31. The van der Waals surface area contributed by atoms with Crippen LogP contribution in [0.1, 0.15) is 30.4 Å². The van der Waals surface area contributed by atoms with Gasteiger partial charge < -0.3 is 16.0 Å². The van der Waals surface area contributed by atoms with E-state index in [0.717, 1.165) is 6.07 Å². The summed E-state index contributed by atoms with van der Waals surface area (Å²) in [4.78, 5) is 47.4. The fourth-order valence-electron chi connectivity index (χ4n) is 2.65. The number of amides is 3. The summed E-state index contributed by atoms with van der Waals surface area (Å²) in [7, 11) is 0. The van der Waals surface area contributed by atoms with Gasteiger partial charge >= 0.3 is 0 Å². The first-order valence-electron chi connectivity index (χ1n) is 9.30. The molecular weight excluding hydrogens is 456 g/mol. The van der Waals surface area contributed by atoms with Crippen LogP contribution in [0.5, 0.6) is 0 Å². The lowest BCUT2D eigenvalue weighted by molar-refractivity contribution is -0.384. The lowest BCUT2D eigenvalue weighted by Gasteiger charge is -2.09. The minimum Gasteiger partial charge on any atom is -0.350 e. The molecule has 0 atom stereocenters. The van der Waals surface area contributed by atoms with Crippen LogP contribution in [0.4, 0.5) is 11.4 Å². The van der Waals surface area contributed by atoms with Crippen molar-refractivity contribution in [3.63, 3.8) is 0 Å². The van der Waals surface area contributed by atoms with Crippen LogP contribution in [0.25, 0.3) is 0 Å². The Morgan fingerprint density at radius 1 is 0.938 bits per heavy atom. The topological polar surface area (TPSA) is 130 Å². The van der Waals surface area contributed by atoms with Crippen molar-refractivity contribution in [3.05, 3.63) is 91.1 Å². The normalized spacial score (nSPS) is 10.3. The summed E-state index contributed by atoms with van der Waals surface area (Å²) in [5, 5.41) is 20.8. The molecule has 0 saturated carbocycles. The summed E-state index contributed by atoms with van der Waals surface area (Å²) in [6.45, 7) is 0.528. The van der Waals surface area contributed by atoms with E-state index < -0.39 is 10.8 Å². The van der Waals surface area contributed by atoms with Gasteiger partial charge in [-0.25, -0.2) is 0 Å². The number of hydrogen-bond acceptors (Lipinski definition) is 6. The molecule has 2 aromatic carbocycles. The molecule has 0 saturated heterocycles. The van der Waals surface area contributed by atoms with Crippen molar-refractivity contribution < 1.29 is 19.3 Å². The van der Waals surface area contributed by atoms with Gasteiger partial charge in [0.05, 0.1) is 20.4 Å². The number of non-ortho nitro benzene ring substituents is 1. The van der Waals surface area contributed by atoms with E-state index in [1.165, 1.54) is 47.7 Å².